The van der Waals surface area contributed by atoms with E-state index in [1.165, 1.54) is 25.9 Å². The van der Waals surface area contributed by atoms with Crippen LogP contribution in [-0.4, -0.2) is 45.5 Å². The molecule has 0 amide bonds. The predicted molar refractivity (Wildman–Crippen MR) is 129 cm³/mol. The number of para-hydroxylation sites is 2. The zero-order valence-electron chi connectivity index (χ0n) is 16.4. The number of pyridine rings is 1. The van der Waals surface area contributed by atoms with Crippen molar-refractivity contribution < 1.29 is 0 Å². The molecule has 7 heteroatoms. The molecule has 1 atom stereocenters. The van der Waals surface area contributed by atoms with Gasteiger partial charge in [-0.25, -0.2) is 4.98 Å². The molecule has 0 radical (unpaired) electrons. The topological polar surface area (TPSA) is 76.8 Å². The van der Waals surface area contributed by atoms with Crippen LogP contribution in [0.4, 0.5) is 5.69 Å². The zero-order chi connectivity index (χ0) is 20.2. The van der Waals surface area contributed by atoms with Gasteiger partial charge in [-0.3, -0.25) is 4.79 Å². The molecule has 2 aromatic carbocycles. The molecule has 0 aliphatic carbocycles. The largest absolute Gasteiger partial charge is 0.379 e. The van der Waals surface area contributed by atoms with Crippen molar-refractivity contribution in [1.29, 1.82) is 0 Å². The monoisotopic (exact) mass is 511 g/mol. The average Bonchev–Trinajstić information content (AvgIpc) is 3.19. The highest BCUT2D eigenvalue weighted by Crippen LogP contribution is 2.36. The Hall–Kier alpha value is -2.39. The summed E-state index contributed by atoms with van der Waals surface area (Å²) >= 11 is 2.33. The number of imidazole rings is 1. The van der Waals surface area contributed by atoms with Gasteiger partial charge in [0.25, 0.3) is 5.56 Å². The van der Waals surface area contributed by atoms with Crippen LogP contribution in [0.5, 0.6) is 0 Å². The Morgan fingerprint density at radius 3 is 2.67 bits per heavy atom. The SMILES string of the molecule is O=c1[nH]c2ccc(I)cc2c(N[C@@H]2CN3CCC2CC3)c1-c1nc2ccccc2[nH]1. The Labute approximate surface area is 187 Å². The Morgan fingerprint density at radius 2 is 1.90 bits per heavy atom. The molecule has 3 saturated heterocycles. The van der Waals surface area contributed by atoms with Crippen LogP contribution in [0.1, 0.15) is 12.8 Å². The van der Waals surface area contributed by atoms with Gasteiger partial charge in [0, 0.05) is 21.5 Å². The summed E-state index contributed by atoms with van der Waals surface area (Å²) in [6, 6.07) is 14.4. The van der Waals surface area contributed by atoms with E-state index in [9.17, 15) is 4.79 Å². The summed E-state index contributed by atoms with van der Waals surface area (Å²) in [5, 5.41) is 4.85. The molecule has 3 aliphatic rings. The van der Waals surface area contributed by atoms with Gasteiger partial charge in [-0.05, 0) is 84.8 Å². The van der Waals surface area contributed by atoms with E-state index < -0.39 is 0 Å². The van der Waals surface area contributed by atoms with Gasteiger partial charge in [-0.2, -0.15) is 0 Å². The first kappa shape index (κ1) is 18.4. The van der Waals surface area contributed by atoms with Crippen molar-refractivity contribution in [3.63, 3.8) is 0 Å². The molecule has 4 aromatic rings. The summed E-state index contributed by atoms with van der Waals surface area (Å²) in [5.41, 5.74) is 4.02. The van der Waals surface area contributed by atoms with E-state index in [1.807, 2.05) is 36.4 Å². The Morgan fingerprint density at radius 1 is 1.07 bits per heavy atom. The molecule has 3 N–H and O–H groups in total. The molecule has 0 spiro atoms. The molecule has 0 saturated carbocycles. The van der Waals surface area contributed by atoms with Crippen LogP contribution in [0.15, 0.2) is 47.3 Å². The number of fused-ring (bicyclic) bond motifs is 5. The molecule has 152 valence electrons. The summed E-state index contributed by atoms with van der Waals surface area (Å²) in [6.07, 6.45) is 2.44. The van der Waals surface area contributed by atoms with E-state index in [0.29, 0.717) is 23.3 Å². The lowest BCUT2D eigenvalue weighted by atomic mass is 9.83. The van der Waals surface area contributed by atoms with Crippen LogP contribution in [-0.2, 0) is 0 Å². The molecular formula is C23H22IN5O. The van der Waals surface area contributed by atoms with Crippen molar-refractivity contribution in [2.75, 3.05) is 25.0 Å². The number of hydrogen-bond donors (Lipinski definition) is 3. The molecule has 7 rings (SSSR count). The third kappa shape index (κ3) is 3.02. The van der Waals surface area contributed by atoms with Gasteiger partial charge in [0.2, 0.25) is 0 Å². The van der Waals surface area contributed by atoms with Crippen molar-refractivity contribution in [1.82, 2.24) is 19.9 Å². The number of aromatic amines is 2. The second-order valence-corrected chi connectivity index (χ2v) is 9.63. The van der Waals surface area contributed by atoms with Crippen molar-refractivity contribution in [3.05, 3.63) is 56.4 Å². The quantitative estimate of drug-likeness (QED) is 0.361. The van der Waals surface area contributed by atoms with Gasteiger partial charge in [-0.15, -0.1) is 0 Å². The van der Waals surface area contributed by atoms with Gasteiger partial charge in [0.1, 0.15) is 11.4 Å². The highest BCUT2D eigenvalue weighted by atomic mass is 127. The molecule has 5 heterocycles. The number of rotatable bonds is 3. The first-order valence-corrected chi connectivity index (χ1v) is 11.5. The molecule has 2 bridgehead atoms. The van der Waals surface area contributed by atoms with Crippen molar-refractivity contribution in [2.24, 2.45) is 5.92 Å². The summed E-state index contributed by atoms with van der Waals surface area (Å²) in [7, 11) is 0. The molecule has 2 aromatic heterocycles. The van der Waals surface area contributed by atoms with Crippen molar-refractivity contribution in [2.45, 2.75) is 18.9 Å². The van der Waals surface area contributed by atoms with Crippen LogP contribution in [0, 0.1) is 9.49 Å². The lowest BCUT2D eigenvalue weighted by Crippen LogP contribution is -2.53. The lowest BCUT2D eigenvalue weighted by Gasteiger charge is -2.45. The van der Waals surface area contributed by atoms with Crippen LogP contribution < -0.4 is 10.9 Å². The fourth-order valence-electron chi connectivity index (χ4n) is 5.03. The predicted octanol–water partition coefficient (Wildman–Crippen LogP) is 4.18. The summed E-state index contributed by atoms with van der Waals surface area (Å²) in [4.78, 5) is 27.0. The van der Waals surface area contributed by atoms with Crippen molar-refractivity contribution >= 4 is 50.2 Å². The third-order valence-corrected chi connectivity index (χ3v) is 7.26. The highest BCUT2D eigenvalue weighted by Gasteiger charge is 2.35. The fourth-order valence-corrected chi connectivity index (χ4v) is 5.52. The lowest BCUT2D eigenvalue weighted by molar-refractivity contribution is 0.0976. The van der Waals surface area contributed by atoms with Crippen LogP contribution in [0.2, 0.25) is 0 Å². The number of nitrogens with one attached hydrogen (secondary N) is 3. The standard InChI is InChI=1S/C23H22IN5O/c24-14-5-6-16-15(11-14)21(25-19-12-29-9-7-13(19)8-10-29)20(23(30)28-16)22-26-17-3-1-2-4-18(17)27-22/h1-6,11,13,19H,7-10,12H2,(H,26,27)(H2,25,28,30)/t19-/m1/s1. The number of halogens is 1. The van der Waals surface area contributed by atoms with E-state index in [2.05, 4.69) is 48.8 Å². The molecule has 0 unspecified atom stereocenters. The number of nitrogens with zero attached hydrogens (tertiary/aromatic N) is 2. The first-order chi connectivity index (χ1) is 14.7. The van der Waals surface area contributed by atoms with E-state index in [4.69, 9.17) is 4.98 Å². The minimum Gasteiger partial charge on any atom is -0.379 e. The number of hydrogen-bond acceptors (Lipinski definition) is 4. The number of aromatic nitrogens is 3. The van der Waals surface area contributed by atoms with E-state index in [-0.39, 0.29) is 5.56 Å². The van der Waals surface area contributed by atoms with Crippen molar-refractivity contribution in [3.8, 4) is 11.4 Å². The fraction of sp³-hybridized carbons (Fsp3) is 0.304. The molecule has 6 nitrogen and oxygen atoms in total. The third-order valence-electron chi connectivity index (χ3n) is 6.59. The summed E-state index contributed by atoms with van der Waals surface area (Å²) in [5.74, 6) is 1.26. The van der Waals surface area contributed by atoms with E-state index in [1.54, 1.807) is 0 Å². The van der Waals surface area contributed by atoms with E-state index >= 15 is 0 Å². The number of piperidine rings is 3. The second kappa shape index (κ2) is 7.09. The minimum atomic E-state index is -0.119. The number of benzene rings is 2. The molecule has 30 heavy (non-hydrogen) atoms. The summed E-state index contributed by atoms with van der Waals surface area (Å²) in [6.45, 7) is 3.41. The first-order valence-electron chi connectivity index (χ1n) is 10.5. The normalized spacial score (nSPS) is 23.3. The smallest absolute Gasteiger partial charge is 0.261 e. The van der Waals surface area contributed by atoms with Gasteiger partial charge in [0.05, 0.1) is 22.2 Å². The molecular weight excluding hydrogens is 489 g/mol. The van der Waals surface area contributed by atoms with Crippen LogP contribution in [0.3, 0.4) is 0 Å². The maximum absolute atomic E-state index is 13.2. The Bertz CT molecular complexity index is 1290. The van der Waals surface area contributed by atoms with Crippen LogP contribution >= 0.6 is 22.6 Å². The van der Waals surface area contributed by atoms with E-state index in [0.717, 1.165) is 37.7 Å². The molecule has 3 aliphatic heterocycles. The van der Waals surface area contributed by atoms with Gasteiger partial charge in [-0.1, -0.05) is 12.1 Å². The van der Waals surface area contributed by atoms with Gasteiger partial charge in [0.15, 0.2) is 0 Å². The van der Waals surface area contributed by atoms with Crippen LogP contribution in [0.25, 0.3) is 33.3 Å². The molecule has 3 fully saturated rings. The maximum Gasteiger partial charge on any atom is 0.261 e. The second-order valence-electron chi connectivity index (χ2n) is 8.39. The summed E-state index contributed by atoms with van der Waals surface area (Å²) < 4.78 is 1.14. The maximum atomic E-state index is 13.2. The van der Waals surface area contributed by atoms with Gasteiger partial charge >= 0.3 is 0 Å². The zero-order valence-corrected chi connectivity index (χ0v) is 18.6. The Kier molecular flexibility index (Phi) is 4.35. The Balaban J connectivity index is 1.56. The number of H-pyrrole nitrogens is 2. The average molecular weight is 511 g/mol. The van der Waals surface area contributed by atoms with Gasteiger partial charge < -0.3 is 20.2 Å². The number of anilines is 1. The highest BCUT2D eigenvalue weighted by molar-refractivity contribution is 14.1. The minimum absolute atomic E-state index is 0.119.